The molecule has 1 atom stereocenters. The molecule has 0 aromatic rings. The van der Waals surface area contributed by atoms with E-state index in [0.29, 0.717) is 12.5 Å². The summed E-state index contributed by atoms with van der Waals surface area (Å²) in [6.45, 7) is 12.9. The van der Waals surface area contributed by atoms with E-state index >= 15 is 0 Å². The van der Waals surface area contributed by atoms with Crippen molar-refractivity contribution < 1.29 is 9.94 Å². The zero-order valence-electron chi connectivity index (χ0n) is 11.4. The molecule has 0 saturated heterocycles. The van der Waals surface area contributed by atoms with Crippen molar-refractivity contribution in [2.75, 3.05) is 13.2 Å². The van der Waals surface area contributed by atoms with Crippen LogP contribution in [0.3, 0.4) is 0 Å². The standard InChI is InChI=1S/C12H26N2O2/c1-9(2)10(3)14-16-8-11(15)7-13-12(4,5)6/h9,11,13,15H,7-8H2,1-6H3/b14-10+. The molecule has 0 aliphatic heterocycles. The minimum absolute atomic E-state index is 0.0120. The van der Waals surface area contributed by atoms with Gasteiger partial charge in [-0.05, 0) is 33.6 Å². The van der Waals surface area contributed by atoms with E-state index in [4.69, 9.17) is 4.84 Å². The molecule has 0 saturated carbocycles. The summed E-state index contributed by atoms with van der Waals surface area (Å²) in [6, 6.07) is 0. The highest BCUT2D eigenvalue weighted by molar-refractivity contribution is 5.83. The Morgan fingerprint density at radius 2 is 1.94 bits per heavy atom. The summed E-state index contributed by atoms with van der Waals surface area (Å²) in [5.41, 5.74) is 0.953. The third-order valence-electron chi connectivity index (χ3n) is 2.18. The van der Waals surface area contributed by atoms with E-state index in [1.165, 1.54) is 0 Å². The van der Waals surface area contributed by atoms with Crippen LogP contribution in [0.2, 0.25) is 0 Å². The first-order chi connectivity index (χ1) is 7.22. The Balaban J connectivity index is 3.74. The second-order valence-electron chi connectivity index (χ2n) is 5.47. The Hall–Kier alpha value is -0.610. The second-order valence-corrected chi connectivity index (χ2v) is 5.47. The molecule has 96 valence electrons. The molecular formula is C12H26N2O2. The van der Waals surface area contributed by atoms with Gasteiger partial charge in [0.15, 0.2) is 0 Å². The predicted octanol–water partition coefficient (Wildman–Crippen LogP) is 1.78. The molecule has 0 spiro atoms. The third kappa shape index (κ3) is 8.68. The number of hydrogen-bond acceptors (Lipinski definition) is 4. The number of aliphatic hydroxyl groups excluding tert-OH is 1. The van der Waals surface area contributed by atoms with Crippen LogP contribution in [0.25, 0.3) is 0 Å². The van der Waals surface area contributed by atoms with E-state index in [0.717, 1.165) is 5.71 Å². The molecule has 16 heavy (non-hydrogen) atoms. The fraction of sp³-hybridized carbons (Fsp3) is 0.917. The summed E-state index contributed by atoms with van der Waals surface area (Å²) in [5, 5.41) is 16.7. The maximum absolute atomic E-state index is 9.61. The predicted molar refractivity (Wildman–Crippen MR) is 67.7 cm³/mol. The second kappa shape index (κ2) is 6.86. The van der Waals surface area contributed by atoms with Gasteiger partial charge in [-0.25, -0.2) is 0 Å². The van der Waals surface area contributed by atoms with Crippen molar-refractivity contribution in [1.29, 1.82) is 0 Å². The van der Waals surface area contributed by atoms with Gasteiger partial charge in [0, 0.05) is 12.1 Å². The van der Waals surface area contributed by atoms with Crippen LogP contribution in [-0.2, 0) is 4.84 Å². The maximum Gasteiger partial charge on any atom is 0.144 e. The fourth-order valence-electron chi connectivity index (χ4n) is 0.813. The van der Waals surface area contributed by atoms with Gasteiger partial charge in [-0.2, -0.15) is 0 Å². The van der Waals surface area contributed by atoms with Gasteiger partial charge >= 0.3 is 0 Å². The Bertz CT molecular complexity index is 220. The molecule has 0 aromatic carbocycles. The minimum atomic E-state index is -0.525. The van der Waals surface area contributed by atoms with Gasteiger partial charge in [-0.3, -0.25) is 0 Å². The first-order valence-corrected chi connectivity index (χ1v) is 5.82. The number of hydrogen-bond donors (Lipinski definition) is 2. The number of aliphatic hydroxyl groups is 1. The van der Waals surface area contributed by atoms with Crippen LogP contribution >= 0.6 is 0 Å². The van der Waals surface area contributed by atoms with Gasteiger partial charge in [0.1, 0.15) is 12.7 Å². The molecule has 0 heterocycles. The lowest BCUT2D eigenvalue weighted by Crippen LogP contribution is -2.42. The van der Waals surface area contributed by atoms with Gasteiger partial charge in [0.05, 0.1) is 5.71 Å². The zero-order valence-corrected chi connectivity index (χ0v) is 11.4. The average Bonchev–Trinajstić information content (AvgIpc) is 2.13. The van der Waals surface area contributed by atoms with Crippen molar-refractivity contribution >= 4 is 5.71 Å². The molecule has 0 rings (SSSR count). The van der Waals surface area contributed by atoms with Crippen LogP contribution in [0.5, 0.6) is 0 Å². The molecule has 0 fully saturated rings. The largest absolute Gasteiger partial charge is 0.393 e. The van der Waals surface area contributed by atoms with Crippen LogP contribution in [0.4, 0.5) is 0 Å². The van der Waals surface area contributed by atoms with Crippen molar-refractivity contribution in [1.82, 2.24) is 5.32 Å². The molecule has 0 radical (unpaired) electrons. The normalized spacial score (nSPS) is 15.4. The van der Waals surface area contributed by atoms with Crippen LogP contribution in [-0.4, -0.2) is 35.6 Å². The van der Waals surface area contributed by atoms with E-state index in [1.807, 2.05) is 6.92 Å². The monoisotopic (exact) mass is 230 g/mol. The summed E-state index contributed by atoms with van der Waals surface area (Å²) < 4.78 is 0. The zero-order chi connectivity index (χ0) is 12.8. The number of nitrogens with zero attached hydrogens (tertiary/aromatic N) is 1. The molecule has 0 aliphatic rings. The lowest BCUT2D eigenvalue weighted by atomic mass is 10.1. The molecule has 4 heteroatoms. The van der Waals surface area contributed by atoms with Gasteiger partial charge in [-0.15, -0.1) is 0 Å². The molecule has 0 aliphatic carbocycles. The maximum atomic E-state index is 9.61. The molecule has 2 N–H and O–H groups in total. The highest BCUT2D eigenvalue weighted by atomic mass is 16.6. The first-order valence-electron chi connectivity index (χ1n) is 5.82. The molecule has 0 aromatic heterocycles. The van der Waals surface area contributed by atoms with E-state index in [-0.39, 0.29) is 12.1 Å². The number of oxime groups is 1. The van der Waals surface area contributed by atoms with Crippen molar-refractivity contribution in [3.05, 3.63) is 0 Å². The Morgan fingerprint density at radius 3 is 2.38 bits per heavy atom. The number of nitrogens with one attached hydrogen (secondary N) is 1. The fourth-order valence-corrected chi connectivity index (χ4v) is 0.813. The van der Waals surface area contributed by atoms with Gasteiger partial charge in [-0.1, -0.05) is 19.0 Å². The third-order valence-corrected chi connectivity index (χ3v) is 2.18. The summed E-state index contributed by atoms with van der Waals surface area (Å²) in [7, 11) is 0. The molecule has 1 unspecified atom stereocenters. The summed E-state index contributed by atoms with van der Waals surface area (Å²) >= 11 is 0. The molecular weight excluding hydrogens is 204 g/mol. The Labute approximate surface area is 99.1 Å². The summed E-state index contributed by atoms with van der Waals surface area (Å²) in [4.78, 5) is 5.08. The van der Waals surface area contributed by atoms with Crippen molar-refractivity contribution in [2.45, 2.75) is 53.2 Å². The lowest BCUT2D eigenvalue weighted by Gasteiger charge is -2.22. The molecule has 4 nitrogen and oxygen atoms in total. The van der Waals surface area contributed by atoms with Gasteiger partial charge in [0.2, 0.25) is 0 Å². The topological polar surface area (TPSA) is 53.9 Å². The number of β-amino-alcohol motifs (C(OH)–C–C–N with tert-alkyl or cyclic N) is 1. The molecule has 0 amide bonds. The summed E-state index contributed by atoms with van der Waals surface area (Å²) in [5.74, 6) is 0.379. The Morgan fingerprint density at radius 1 is 1.38 bits per heavy atom. The van der Waals surface area contributed by atoms with E-state index < -0.39 is 6.10 Å². The summed E-state index contributed by atoms with van der Waals surface area (Å²) in [6.07, 6.45) is -0.525. The molecule has 0 bridgehead atoms. The quantitative estimate of drug-likeness (QED) is 0.540. The van der Waals surface area contributed by atoms with Crippen molar-refractivity contribution in [3.8, 4) is 0 Å². The highest BCUT2D eigenvalue weighted by Crippen LogP contribution is 2.00. The Kier molecular flexibility index (Phi) is 6.60. The minimum Gasteiger partial charge on any atom is -0.393 e. The van der Waals surface area contributed by atoms with E-state index in [1.54, 1.807) is 0 Å². The van der Waals surface area contributed by atoms with E-state index in [2.05, 4.69) is 45.1 Å². The van der Waals surface area contributed by atoms with Crippen LogP contribution in [0.1, 0.15) is 41.5 Å². The first kappa shape index (κ1) is 15.4. The van der Waals surface area contributed by atoms with Crippen LogP contribution in [0, 0.1) is 5.92 Å². The van der Waals surface area contributed by atoms with Crippen molar-refractivity contribution in [2.24, 2.45) is 11.1 Å². The van der Waals surface area contributed by atoms with Crippen LogP contribution < -0.4 is 5.32 Å². The SMILES string of the molecule is C/C(=N\OCC(O)CNC(C)(C)C)C(C)C. The highest BCUT2D eigenvalue weighted by Gasteiger charge is 2.12. The van der Waals surface area contributed by atoms with Gasteiger partial charge in [0.25, 0.3) is 0 Å². The average molecular weight is 230 g/mol. The van der Waals surface area contributed by atoms with E-state index in [9.17, 15) is 5.11 Å². The lowest BCUT2D eigenvalue weighted by molar-refractivity contribution is 0.0366. The van der Waals surface area contributed by atoms with Gasteiger partial charge < -0.3 is 15.3 Å². The van der Waals surface area contributed by atoms with Crippen LogP contribution in [0.15, 0.2) is 5.16 Å². The van der Waals surface area contributed by atoms with Crippen molar-refractivity contribution in [3.63, 3.8) is 0 Å². The smallest absolute Gasteiger partial charge is 0.144 e. The number of rotatable bonds is 6.